The van der Waals surface area contributed by atoms with Crippen LogP contribution in [0.3, 0.4) is 0 Å². The van der Waals surface area contributed by atoms with Crippen LogP contribution >= 0.6 is 22.9 Å². The van der Waals surface area contributed by atoms with E-state index in [1.54, 1.807) is 48.0 Å². The molecule has 140 valence electrons. The summed E-state index contributed by atoms with van der Waals surface area (Å²) in [6.45, 7) is 1.99. The van der Waals surface area contributed by atoms with Gasteiger partial charge in [0.2, 0.25) is 5.78 Å². The number of nitrogens with zero attached hydrogens (tertiary/aromatic N) is 2. The lowest BCUT2D eigenvalue weighted by molar-refractivity contribution is 0.0529. The fourth-order valence-corrected chi connectivity index (χ4v) is 3.76. The number of esters is 1. The number of carbonyl (C=O) groups is 2. The first kappa shape index (κ1) is 18.4. The van der Waals surface area contributed by atoms with Gasteiger partial charge >= 0.3 is 5.97 Å². The second kappa shape index (κ2) is 7.58. The fraction of sp³-hybridized carbons (Fsp3) is 0.0952. The van der Waals surface area contributed by atoms with Gasteiger partial charge in [-0.1, -0.05) is 29.8 Å². The summed E-state index contributed by atoms with van der Waals surface area (Å²) in [6.07, 6.45) is 1.56. The third-order valence-corrected chi connectivity index (χ3v) is 5.40. The molecule has 0 fully saturated rings. The second-order valence-electron chi connectivity index (χ2n) is 6.01. The Kier molecular flexibility index (Phi) is 4.98. The van der Waals surface area contributed by atoms with E-state index in [1.807, 2.05) is 23.6 Å². The zero-order valence-corrected chi connectivity index (χ0v) is 16.5. The minimum atomic E-state index is -0.474. The topological polar surface area (TPSA) is 60.7 Å². The summed E-state index contributed by atoms with van der Waals surface area (Å²) in [7, 11) is 0. The Balaban J connectivity index is 1.89. The van der Waals surface area contributed by atoms with Gasteiger partial charge in [0.1, 0.15) is 6.33 Å². The molecule has 7 heteroatoms. The SMILES string of the molecule is CCOC(=O)c1cc(C(=O)c2cccs2)n2cnc(-c3ccc(Cl)cc3)cc12. The predicted molar refractivity (Wildman–Crippen MR) is 109 cm³/mol. The Bertz CT molecular complexity index is 1160. The zero-order valence-electron chi connectivity index (χ0n) is 14.9. The van der Waals surface area contributed by atoms with E-state index >= 15 is 0 Å². The van der Waals surface area contributed by atoms with Crippen molar-refractivity contribution in [3.8, 4) is 11.3 Å². The maximum atomic E-state index is 12.9. The largest absolute Gasteiger partial charge is 0.462 e. The second-order valence-corrected chi connectivity index (χ2v) is 7.39. The molecular formula is C21H15ClN2O3S. The molecule has 4 rings (SSSR count). The predicted octanol–water partition coefficient (Wildman–Crippen LogP) is 5.12. The van der Waals surface area contributed by atoms with Gasteiger partial charge < -0.3 is 4.74 Å². The van der Waals surface area contributed by atoms with Gasteiger partial charge in [-0.05, 0) is 42.6 Å². The molecular weight excluding hydrogens is 396 g/mol. The van der Waals surface area contributed by atoms with Crippen LogP contribution in [0, 0.1) is 0 Å². The first-order chi connectivity index (χ1) is 13.6. The van der Waals surface area contributed by atoms with Crippen molar-refractivity contribution in [2.45, 2.75) is 6.92 Å². The minimum absolute atomic E-state index is 0.165. The van der Waals surface area contributed by atoms with E-state index in [9.17, 15) is 9.59 Å². The highest BCUT2D eigenvalue weighted by atomic mass is 35.5. The van der Waals surface area contributed by atoms with E-state index in [-0.39, 0.29) is 12.4 Å². The summed E-state index contributed by atoms with van der Waals surface area (Å²) in [5.74, 6) is -0.639. The van der Waals surface area contributed by atoms with E-state index in [2.05, 4.69) is 4.98 Å². The van der Waals surface area contributed by atoms with Gasteiger partial charge in [-0.25, -0.2) is 9.78 Å². The van der Waals surface area contributed by atoms with Crippen LogP contribution in [0.1, 0.15) is 32.6 Å². The van der Waals surface area contributed by atoms with E-state index < -0.39 is 5.97 Å². The van der Waals surface area contributed by atoms with Crippen molar-refractivity contribution in [2.24, 2.45) is 0 Å². The molecule has 0 saturated heterocycles. The molecule has 0 spiro atoms. The number of aromatic nitrogens is 2. The lowest BCUT2D eigenvalue weighted by Gasteiger charge is -2.05. The molecule has 0 radical (unpaired) electrons. The van der Waals surface area contributed by atoms with Crippen LogP contribution in [0.2, 0.25) is 5.02 Å². The van der Waals surface area contributed by atoms with E-state index in [1.165, 1.54) is 11.3 Å². The highest BCUT2D eigenvalue weighted by Gasteiger charge is 2.22. The van der Waals surface area contributed by atoms with E-state index in [0.29, 0.717) is 32.4 Å². The Hall–Kier alpha value is -2.96. The molecule has 0 aliphatic rings. The first-order valence-corrected chi connectivity index (χ1v) is 9.86. The standard InChI is InChI=1S/C21H15ClN2O3S/c1-2-27-21(26)15-10-18(20(25)19-4-3-9-28-19)24-12-23-16(11-17(15)24)13-5-7-14(22)8-6-13/h3-12H,2H2,1H3. The van der Waals surface area contributed by atoms with Crippen molar-refractivity contribution in [3.05, 3.63) is 81.4 Å². The number of fused-ring (bicyclic) bond motifs is 1. The van der Waals surface area contributed by atoms with Crippen molar-refractivity contribution < 1.29 is 14.3 Å². The highest BCUT2D eigenvalue weighted by molar-refractivity contribution is 7.12. The summed E-state index contributed by atoms with van der Waals surface area (Å²) in [5, 5.41) is 2.47. The quantitative estimate of drug-likeness (QED) is 0.338. The molecule has 0 bridgehead atoms. The molecule has 0 amide bonds. The van der Waals surface area contributed by atoms with Crippen molar-refractivity contribution in [1.82, 2.24) is 9.38 Å². The van der Waals surface area contributed by atoms with Gasteiger partial charge in [0.15, 0.2) is 0 Å². The van der Waals surface area contributed by atoms with Crippen LogP contribution in [-0.4, -0.2) is 27.7 Å². The summed E-state index contributed by atoms with van der Waals surface area (Å²) in [6, 6.07) is 14.2. The van der Waals surface area contributed by atoms with Crippen LogP contribution in [-0.2, 0) is 4.74 Å². The number of benzene rings is 1. The van der Waals surface area contributed by atoms with Gasteiger partial charge in [-0.3, -0.25) is 9.20 Å². The van der Waals surface area contributed by atoms with E-state index in [0.717, 1.165) is 5.56 Å². The molecule has 1 aromatic carbocycles. The Morgan fingerprint density at radius 3 is 2.64 bits per heavy atom. The summed E-state index contributed by atoms with van der Waals surface area (Å²) in [4.78, 5) is 30.5. The van der Waals surface area contributed by atoms with Crippen LogP contribution < -0.4 is 0 Å². The Morgan fingerprint density at radius 2 is 1.96 bits per heavy atom. The number of thiophene rings is 1. The lowest BCUT2D eigenvalue weighted by Crippen LogP contribution is -2.04. The molecule has 0 saturated carbocycles. The van der Waals surface area contributed by atoms with Crippen LogP contribution in [0.5, 0.6) is 0 Å². The average molecular weight is 411 g/mol. The Morgan fingerprint density at radius 1 is 1.18 bits per heavy atom. The molecule has 0 unspecified atom stereocenters. The van der Waals surface area contributed by atoms with Gasteiger partial charge in [0.05, 0.1) is 34.0 Å². The average Bonchev–Trinajstić information content (AvgIpc) is 3.36. The number of rotatable bonds is 5. The molecule has 3 heterocycles. The van der Waals surface area contributed by atoms with Crippen molar-refractivity contribution in [3.63, 3.8) is 0 Å². The summed E-state index contributed by atoms with van der Waals surface area (Å²) >= 11 is 7.31. The number of ketones is 1. The summed E-state index contributed by atoms with van der Waals surface area (Å²) in [5.41, 5.74) is 2.80. The molecule has 28 heavy (non-hydrogen) atoms. The third kappa shape index (κ3) is 3.32. The number of hydrogen-bond acceptors (Lipinski definition) is 5. The minimum Gasteiger partial charge on any atom is -0.462 e. The van der Waals surface area contributed by atoms with Crippen LogP contribution in [0.15, 0.2) is 60.2 Å². The molecule has 0 atom stereocenters. The molecule has 4 aromatic rings. The Labute approximate surface area is 170 Å². The fourth-order valence-electron chi connectivity index (χ4n) is 2.96. The molecule has 0 N–H and O–H groups in total. The van der Waals surface area contributed by atoms with Crippen molar-refractivity contribution >= 4 is 40.2 Å². The number of ether oxygens (including phenoxy) is 1. The number of carbonyl (C=O) groups excluding carboxylic acids is 2. The molecule has 0 aliphatic carbocycles. The third-order valence-electron chi connectivity index (χ3n) is 4.27. The van der Waals surface area contributed by atoms with Crippen molar-refractivity contribution in [1.29, 1.82) is 0 Å². The van der Waals surface area contributed by atoms with Gasteiger partial charge in [-0.2, -0.15) is 0 Å². The monoisotopic (exact) mass is 410 g/mol. The zero-order chi connectivity index (χ0) is 19.7. The molecule has 0 aliphatic heterocycles. The first-order valence-electron chi connectivity index (χ1n) is 8.61. The normalized spacial score (nSPS) is 10.9. The van der Waals surface area contributed by atoms with Crippen LogP contribution in [0.25, 0.3) is 16.8 Å². The smallest absolute Gasteiger partial charge is 0.340 e. The number of hydrogen-bond donors (Lipinski definition) is 0. The van der Waals surface area contributed by atoms with E-state index in [4.69, 9.17) is 16.3 Å². The van der Waals surface area contributed by atoms with Gasteiger partial charge in [0, 0.05) is 10.6 Å². The van der Waals surface area contributed by atoms with Crippen molar-refractivity contribution in [2.75, 3.05) is 6.61 Å². The highest BCUT2D eigenvalue weighted by Crippen LogP contribution is 2.26. The molecule has 3 aromatic heterocycles. The van der Waals surface area contributed by atoms with Gasteiger partial charge in [-0.15, -0.1) is 11.3 Å². The molecule has 5 nitrogen and oxygen atoms in total. The maximum Gasteiger partial charge on any atom is 0.340 e. The summed E-state index contributed by atoms with van der Waals surface area (Å²) < 4.78 is 6.81. The lowest BCUT2D eigenvalue weighted by atomic mass is 10.1. The van der Waals surface area contributed by atoms with Crippen LogP contribution in [0.4, 0.5) is 0 Å². The number of halogens is 1. The maximum absolute atomic E-state index is 12.9. The van der Waals surface area contributed by atoms with Gasteiger partial charge in [0.25, 0.3) is 0 Å².